The van der Waals surface area contributed by atoms with Crippen molar-refractivity contribution in [3.63, 3.8) is 0 Å². The molecule has 0 saturated carbocycles. The van der Waals surface area contributed by atoms with Crippen molar-refractivity contribution in [3.05, 3.63) is 90.9 Å². The van der Waals surface area contributed by atoms with Gasteiger partial charge in [0.25, 0.3) is 31.4 Å². The van der Waals surface area contributed by atoms with E-state index in [1.54, 1.807) is 0 Å². The van der Waals surface area contributed by atoms with Crippen LogP contribution in [-0.4, -0.2) is 26.7 Å². The van der Waals surface area contributed by atoms with Gasteiger partial charge in [-0.15, -0.1) is 0 Å². The molecule has 2 N–H and O–H groups in total. The first kappa shape index (κ1) is 25.2. The van der Waals surface area contributed by atoms with Gasteiger partial charge in [-0.05, 0) is 48.5 Å². The number of hydrogen-bond acceptors (Lipinski definition) is 8. The molecule has 3 aromatic rings. The van der Waals surface area contributed by atoms with E-state index < -0.39 is 51.1 Å². The first-order chi connectivity index (χ1) is 15.8. The number of sulfonamides is 2. The molecule has 178 valence electrons. The lowest BCUT2D eigenvalue weighted by Gasteiger charge is -2.11. The molecule has 0 amide bonds. The molecule has 0 heterocycles. The molecule has 0 saturated heterocycles. The fourth-order valence-corrected chi connectivity index (χ4v) is 5.16. The normalized spacial score (nSPS) is 11.6. The summed E-state index contributed by atoms with van der Waals surface area (Å²) in [6, 6.07) is 10.9. The van der Waals surface area contributed by atoms with Gasteiger partial charge >= 0.3 is 0 Å². The zero-order chi connectivity index (χ0) is 25.3. The number of nitro groups is 2. The molecule has 0 aliphatic carbocycles. The predicted molar refractivity (Wildman–Crippen MR) is 124 cm³/mol. The number of nitrogens with one attached hydrogen (secondary N) is 2. The molecular weight excluding hydrogens is 535 g/mol. The highest BCUT2D eigenvalue weighted by Gasteiger charge is 2.22. The van der Waals surface area contributed by atoms with Gasteiger partial charge in [0, 0.05) is 23.5 Å². The lowest BCUT2D eigenvalue weighted by atomic mass is 10.3. The number of nitro benzene ring substituents is 2. The molecule has 12 nitrogen and oxygen atoms in total. The Kier molecular flexibility index (Phi) is 6.97. The molecule has 0 aliphatic heterocycles. The van der Waals surface area contributed by atoms with Crippen LogP contribution in [0.1, 0.15) is 0 Å². The molecule has 0 unspecified atom stereocenters. The van der Waals surface area contributed by atoms with E-state index in [2.05, 4.69) is 9.44 Å². The summed E-state index contributed by atoms with van der Waals surface area (Å²) < 4.78 is 54.6. The summed E-state index contributed by atoms with van der Waals surface area (Å²) in [5.41, 5.74) is -1.11. The van der Waals surface area contributed by atoms with Crippen LogP contribution in [0.4, 0.5) is 22.7 Å². The van der Waals surface area contributed by atoms with Gasteiger partial charge in [-0.3, -0.25) is 29.7 Å². The van der Waals surface area contributed by atoms with Crippen LogP contribution in [0.25, 0.3) is 0 Å². The molecule has 0 fully saturated rings. The maximum Gasteiger partial charge on any atom is 0.289 e. The van der Waals surface area contributed by atoms with Crippen molar-refractivity contribution in [1.29, 1.82) is 0 Å². The summed E-state index contributed by atoms with van der Waals surface area (Å²) in [6.45, 7) is 0. The Bertz CT molecular complexity index is 1400. The molecule has 16 heteroatoms. The van der Waals surface area contributed by atoms with E-state index in [-0.39, 0.29) is 21.4 Å². The predicted octanol–water partition coefficient (Wildman–Crippen LogP) is 4.41. The number of hydrogen-bond donors (Lipinski definition) is 2. The quantitative estimate of drug-likeness (QED) is 0.307. The molecule has 0 radical (unpaired) electrons. The summed E-state index contributed by atoms with van der Waals surface area (Å²) in [5.74, 6) is 0. The van der Waals surface area contributed by atoms with Crippen LogP contribution in [0.2, 0.25) is 10.0 Å². The van der Waals surface area contributed by atoms with E-state index in [0.29, 0.717) is 0 Å². The van der Waals surface area contributed by atoms with Gasteiger partial charge in [0.1, 0.15) is 10.0 Å². The van der Waals surface area contributed by atoms with Crippen LogP contribution >= 0.6 is 23.2 Å². The smallest absolute Gasteiger partial charge is 0.280 e. The minimum Gasteiger partial charge on any atom is -0.280 e. The molecule has 0 spiro atoms. The second-order valence-corrected chi connectivity index (χ2v) is 10.7. The first-order valence-corrected chi connectivity index (χ1v) is 12.6. The number of nitrogens with zero attached hydrogens (tertiary/aromatic N) is 2. The highest BCUT2D eigenvalue weighted by atomic mass is 35.5. The summed E-state index contributed by atoms with van der Waals surface area (Å²) in [4.78, 5) is 19.5. The minimum absolute atomic E-state index is 0.0303. The third kappa shape index (κ3) is 5.53. The van der Waals surface area contributed by atoms with E-state index in [1.165, 1.54) is 24.3 Å². The SMILES string of the molecule is O=[N+]([O-])c1cc(S(=O)(=O)Nc2ccc(NS(=O)(=O)c3ccc(Cl)c([N+](=O)[O-])c3)cc2)ccc1Cl. The van der Waals surface area contributed by atoms with Crippen molar-refractivity contribution in [2.45, 2.75) is 9.79 Å². The second kappa shape index (κ2) is 9.42. The minimum atomic E-state index is -4.22. The fourth-order valence-electron chi connectivity index (χ4n) is 2.63. The Morgan fingerprint density at radius 2 is 0.941 bits per heavy atom. The standard InChI is InChI=1S/C18H12Cl2N4O8S2/c19-15-7-5-13(9-17(15)23(25)26)33(29,30)21-11-1-2-12(4-3-11)22-34(31,32)14-6-8-16(20)18(10-14)24(27)28/h1-10,21-22H. The fraction of sp³-hybridized carbons (Fsp3) is 0. The van der Waals surface area contributed by atoms with E-state index in [0.717, 1.165) is 36.4 Å². The van der Waals surface area contributed by atoms with Gasteiger partial charge < -0.3 is 0 Å². The van der Waals surface area contributed by atoms with Gasteiger partial charge in [-0.25, -0.2) is 16.8 Å². The largest absolute Gasteiger partial charge is 0.289 e. The van der Waals surface area contributed by atoms with Crippen molar-refractivity contribution in [2.75, 3.05) is 9.44 Å². The molecular formula is C18H12Cl2N4O8S2. The summed E-state index contributed by atoms with van der Waals surface area (Å²) >= 11 is 11.4. The molecule has 3 aromatic carbocycles. The van der Waals surface area contributed by atoms with Gasteiger partial charge in [0.15, 0.2) is 0 Å². The maximum absolute atomic E-state index is 12.5. The molecule has 0 aliphatic rings. The van der Waals surface area contributed by atoms with E-state index >= 15 is 0 Å². The van der Waals surface area contributed by atoms with Crippen LogP contribution in [0.5, 0.6) is 0 Å². The van der Waals surface area contributed by atoms with E-state index in [4.69, 9.17) is 23.2 Å². The first-order valence-electron chi connectivity index (χ1n) is 8.84. The van der Waals surface area contributed by atoms with Crippen LogP contribution in [-0.2, 0) is 20.0 Å². The van der Waals surface area contributed by atoms with Crippen LogP contribution in [0.15, 0.2) is 70.5 Å². The van der Waals surface area contributed by atoms with Crippen molar-refractivity contribution in [2.24, 2.45) is 0 Å². The average Bonchev–Trinajstić information content (AvgIpc) is 2.74. The number of rotatable bonds is 8. The summed E-state index contributed by atoms with van der Waals surface area (Å²) in [5, 5.41) is 21.5. The van der Waals surface area contributed by atoms with Gasteiger partial charge in [0.05, 0.1) is 19.6 Å². The topological polar surface area (TPSA) is 179 Å². The van der Waals surface area contributed by atoms with E-state index in [9.17, 15) is 37.1 Å². The number of anilines is 2. The van der Waals surface area contributed by atoms with E-state index in [1.807, 2.05) is 0 Å². The zero-order valence-corrected chi connectivity index (χ0v) is 19.7. The molecule has 34 heavy (non-hydrogen) atoms. The molecule has 3 rings (SSSR count). The number of halogens is 2. The lowest BCUT2D eigenvalue weighted by Crippen LogP contribution is -2.14. The van der Waals surface area contributed by atoms with Crippen molar-refractivity contribution < 1.29 is 26.7 Å². The highest BCUT2D eigenvalue weighted by Crippen LogP contribution is 2.30. The second-order valence-electron chi connectivity index (χ2n) is 6.53. The lowest BCUT2D eigenvalue weighted by molar-refractivity contribution is -0.385. The third-order valence-electron chi connectivity index (χ3n) is 4.24. The zero-order valence-electron chi connectivity index (χ0n) is 16.5. The third-order valence-corrected chi connectivity index (χ3v) is 7.64. The molecule has 0 atom stereocenters. The Morgan fingerprint density at radius 3 is 1.24 bits per heavy atom. The van der Waals surface area contributed by atoms with Crippen molar-refractivity contribution in [3.8, 4) is 0 Å². The Hall–Kier alpha value is -3.46. The molecule has 0 aromatic heterocycles. The van der Waals surface area contributed by atoms with Gasteiger partial charge in [-0.1, -0.05) is 23.2 Å². The Labute approximate surface area is 202 Å². The van der Waals surface area contributed by atoms with Crippen LogP contribution in [0, 0.1) is 20.2 Å². The van der Waals surface area contributed by atoms with Crippen LogP contribution in [0.3, 0.4) is 0 Å². The van der Waals surface area contributed by atoms with Gasteiger partial charge in [-0.2, -0.15) is 0 Å². The Balaban J connectivity index is 1.80. The maximum atomic E-state index is 12.5. The van der Waals surface area contributed by atoms with Crippen LogP contribution < -0.4 is 9.44 Å². The Morgan fingerprint density at radius 1 is 0.618 bits per heavy atom. The van der Waals surface area contributed by atoms with Crippen molar-refractivity contribution in [1.82, 2.24) is 0 Å². The highest BCUT2D eigenvalue weighted by molar-refractivity contribution is 7.93. The summed E-state index contributed by atoms with van der Waals surface area (Å²) in [7, 11) is -8.44. The molecule has 0 bridgehead atoms. The monoisotopic (exact) mass is 546 g/mol. The van der Waals surface area contributed by atoms with Gasteiger partial charge in [0.2, 0.25) is 0 Å². The average molecular weight is 547 g/mol. The van der Waals surface area contributed by atoms with Crippen molar-refractivity contribution >= 4 is 66.0 Å². The summed E-state index contributed by atoms with van der Waals surface area (Å²) in [6.07, 6.45) is 0. The number of benzene rings is 3.